The molecular formula is C19H20N4O2S. The SMILES string of the molecule is CC[C@@H](Sc1n[nH]c(=O)n1Cc1ccccc1)C(=O)Nc1ccccc1. The Labute approximate surface area is 155 Å². The fraction of sp³-hybridized carbons (Fsp3) is 0.211. The second kappa shape index (κ2) is 8.53. The molecule has 7 heteroatoms. The van der Waals surface area contributed by atoms with E-state index in [1.807, 2.05) is 67.6 Å². The first-order valence-corrected chi connectivity index (χ1v) is 9.27. The number of nitrogens with zero attached hydrogens (tertiary/aromatic N) is 2. The zero-order valence-corrected chi connectivity index (χ0v) is 15.2. The van der Waals surface area contributed by atoms with Gasteiger partial charge in [0.1, 0.15) is 0 Å². The van der Waals surface area contributed by atoms with Crippen LogP contribution in [-0.4, -0.2) is 25.9 Å². The topological polar surface area (TPSA) is 79.8 Å². The van der Waals surface area contributed by atoms with Crippen molar-refractivity contribution < 1.29 is 4.79 Å². The number of anilines is 1. The van der Waals surface area contributed by atoms with Crippen LogP contribution in [0.1, 0.15) is 18.9 Å². The van der Waals surface area contributed by atoms with Gasteiger partial charge in [-0.1, -0.05) is 67.2 Å². The number of hydrogen-bond acceptors (Lipinski definition) is 4. The molecular weight excluding hydrogens is 348 g/mol. The summed E-state index contributed by atoms with van der Waals surface area (Å²) < 4.78 is 1.55. The molecule has 3 rings (SSSR count). The maximum Gasteiger partial charge on any atom is 0.344 e. The molecule has 1 atom stereocenters. The number of carbonyl (C=O) groups is 1. The number of aromatic amines is 1. The zero-order valence-electron chi connectivity index (χ0n) is 14.4. The molecule has 2 N–H and O–H groups in total. The van der Waals surface area contributed by atoms with E-state index in [9.17, 15) is 9.59 Å². The van der Waals surface area contributed by atoms with Gasteiger partial charge in [0.05, 0.1) is 11.8 Å². The first-order chi connectivity index (χ1) is 12.7. The minimum atomic E-state index is -0.347. The third kappa shape index (κ3) is 4.43. The van der Waals surface area contributed by atoms with Gasteiger partial charge in [0.15, 0.2) is 5.16 Å². The Bertz CT molecular complexity index is 906. The maximum absolute atomic E-state index is 12.6. The van der Waals surface area contributed by atoms with Crippen molar-refractivity contribution in [3.63, 3.8) is 0 Å². The summed E-state index contributed by atoms with van der Waals surface area (Å²) in [6.07, 6.45) is 0.621. The van der Waals surface area contributed by atoms with Crippen molar-refractivity contribution >= 4 is 23.4 Å². The van der Waals surface area contributed by atoms with E-state index in [1.54, 1.807) is 4.57 Å². The molecule has 0 saturated heterocycles. The van der Waals surface area contributed by atoms with Crippen LogP contribution in [0.4, 0.5) is 5.69 Å². The van der Waals surface area contributed by atoms with Crippen LogP contribution in [0.5, 0.6) is 0 Å². The molecule has 0 aliphatic carbocycles. The predicted octanol–water partition coefficient (Wildman–Crippen LogP) is 3.13. The highest BCUT2D eigenvalue weighted by molar-refractivity contribution is 8.00. The molecule has 2 aromatic carbocycles. The van der Waals surface area contributed by atoms with E-state index in [2.05, 4.69) is 15.5 Å². The van der Waals surface area contributed by atoms with Crippen LogP contribution < -0.4 is 11.0 Å². The van der Waals surface area contributed by atoms with Crippen LogP contribution >= 0.6 is 11.8 Å². The van der Waals surface area contributed by atoms with E-state index in [-0.39, 0.29) is 16.8 Å². The van der Waals surface area contributed by atoms with Gasteiger partial charge in [-0.3, -0.25) is 9.36 Å². The molecule has 134 valence electrons. The molecule has 3 aromatic rings. The first-order valence-electron chi connectivity index (χ1n) is 8.39. The highest BCUT2D eigenvalue weighted by atomic mass is 32.2. The summed E-state index contributed by atoms with van der Waals surface area (Å²) in [5.41, 5.74) is 1.47. The Balaban J connectivity index is 1.74. The van der Waals surface area contributed by atoms with Gasteiger partial charge >= 0.3 is 5.69 Å². The van der Waals surface area contributed by atoms with Crippen LogP contribution in [0.25, 0.3) is 0 Å². The van der Waals surface area contributed by atoms with Gasteiger partial charge in [0.2, 0.25) is 5.91 Å². The summed E-state index contributed by atoms with van der Waals surface area (Å²) in [4.78, 5) is 24.7. The third-order valence-corrected chi connectivity index (χ3v) is 5.21. The number of hydrogen-bond donors (Lipinski definition) is 2. The van der Waals surface area contributed by atoms with Gasteiger partial charge in [-0.15, -0.1) is 5.10 Å². The zero-order chi connectivity index (χ0) is 18.4. The summed E-state index contributed by atoms with van der Waals surface area (Å²) in [5, 5.41) is 9.64. The Hall–Kier alpha value is -2.80. The van der Waals surface area contributed by atoms with Crippen molar-refractivity contribution in [1.29, 1.82) is 0 Å². The van der Waals surface area contributed by atoms with Crippen molar-refractivity contribution in [3.8, 4) is 0 Å². The molecule has 1 amide bonds. The van der Waals surface area contributed by atoms with Crippen LogP contribution in [0.15, 0.2) is 70.6 Å². The second-order valence-electron chi connectivity index (χ2n) is 5.75. The highest BCUT2D eigenvalue weighted by Crippen LogP contribution is 2.24. The number of benzene rings is 2. The van der Waals surface area contributed by atoms with Crippen molar-refractivity contribution in [2.45, 2.75) is 30.3 Å². The van der Waals surface area contributed by atoms with Gasteiger partial charge in [-0.2, -0.15) is 0 Å². The van der Waals surface area contributed by atoms with E-state index < -0.39 is 0 Å². The molecule has 26 heavy (non-hydrogen) atoms. The highest BCUT2D eigenvalue weighted by Gasteiger charge is 2.22. The molecule has 0 aliphatic heterocycles. The molecule has 0 saturated carbocycles. The van der Waals surface area contributed by atoms with Gasteiger partial charge in [0, 0.05) is 5.69 Å². The van der Waals surface area contributed by atoms with Gasteiger partial charge in [-0.05, 0) is 24.1 Å². The Kier molecular flexibility index (Phi) is 5.91. The van der Waals surface area contributed by atoms with Crippen molar-refractivity contribution in [3.05, 3.63) is 76.7 Å². The Morgan fingerprint density at radius 2 is 1.81 bits per heavy atom. The quantitative estimate of drug-likeness (QED) is 0.628. The molecule has 0 spiro atoms. The van der Waals surface area contributed by atoms with Crippen LogP contribution in [0, 0.1) is 0 Å². The van der Waals surface area contributed by atoms with E-state index in [0.29, 0.717) is 18.1 Å². The van der Waals surface area contributed by atoms with Gasteiger partial charge in [0.25, 0.3) is 0 Å². The predicted molar refractivity (Wildman–Crippen MR) is 103 cm³/mol. The fourth-order valence-electron chi connectivity index (χ4n) is 2.49. The summed E-state index contributed by atoms with van der Waals surface area (Å²) in [6, 6.07) is 19.0. The third-order valence-electron chi connectivity index (χ3n) is 3.86. The number of rotatable bonds is 7. The minimum absolute atomic E-state index is 0.106. The van der Waals surface area contributed by atoms with E-state index in [4.69, 9.17) is 0 Å². The molecule has 6 nitrogen and oxygen atoms in total. The standard InChI is InChI=1S/C19H20N4O2S/c1-2-16(17(24)20-15-11-7-4-8-12-15)26-19-22-21-18(25)23(19)13-14-9-5-3-6-10-14/h3-12,16H,2,13H2,1H3,(H,20,24)(H,21,25)/t16-/m1/s1. The normalized spacial score (nSPS) is 11.9. The molecule has 1 aromatic heterocycles. The lowest BCUT2D eigenvalue weighted by atomic mass is 10.2. The second-order valence-corrected chi connectivity index (χ2v) is 6.92. The number of carbonyl (C=O) groups excluding carboxylic acids is 1. The van der Waals surface area contributed by atoms with Crippen LogP contribution in [-0.2, 0) is 11.3 Å². The number of aromatic nitrogens is 3. The van der Waals surface area contributed by atoms with E-state index >= 15 is 0 Å². The molecule has 1 heterocycles. The fourth-order valence-corrected chi connectivity index (χ4v) is 3.45. The van der Waals surface area contributed by atoms with E-state index in [0.717, 1.165) is 11.3 Å². The number of nitrogens with one attached hydrogen (secondary N) is 2. The number of thioether (sulfide) groups is 1. The molecule has 0 fully saturated rings. The van der Waals surface area contributed by atoms with Gasteiger partial charge in [-0.25, -0.2) is 9.89 Å². The maximum atomic E-state index is 12.6. The lowest BCUT2D eigenvalue weighted by molar-refractivity contribution is -0.115. The summed E-state index contributed by atoms with van der Waals surface area (Å²) >= 11 is 1.29. The largest absolute Gasteiger partial charge is 0.344 e. The summed E-state index contributed by atoms with van der Waals surface area (Å²) in [6.45, 7) is 2.35. The Morgan fingerprint density at radius 1 is 1.15 bits per heavy atom. The summed E-state index contributed by atoms with van der Waals surface area (Å²) in [7, 11) is 0. The van der Waals surface area contributed by atoms with E-state index in [1.165, 1.54) is 11.8 Å². The molecule has 0 aliphatic rings. The van der Waals surface area contributed by atoms with Crippen LogP contribution in [0.2, 0.25) is 0 Å². The minimum Gasteiger partial charge on any atom is -0.325 e. The number of para-hydroxylation sites is 1. The van der Waals surface area contributed by atoms with Gasteiger partial charge < -0.3 is 5.32 Å². The lowest BCUT2D eigenvalue weighted by Crippen LogP contribution is -2.26. The van der Waals surface area contributed by atoms with Crippen molar-refractivity contribution in [1.82, 2.24) is 14.8 Å². The molecule has 0 unspecified atom stereocenters. The smallest absolute Gasteiger partial charge is 0.325 e. The molecule has 0 bridgehead atoms. The number of H-pyrrole nitrogens is 1. The average Bonchev–Trinajstić information content (AvgIpc) is 3.01. The molecule has 0 radical (unpaired) electrons. The number of amides is 1. The van der Waals surface area contributed by atoms with Crippen LogP contribution in [0.3, 0.4) is 0 Å². The summed E-state index contributed by atoms with van der Waals surface area (Å²) in [5.74, 6) is -0.106. The first kappa shape index (κ1) is 18.0. The monoisotopic (exact) mass is 368 g/mol. The van der Waals surface area contributed by atoms with Crippen molar-refractivity contribution in [2.24, 2.45) is 0 Å². The average molecular weight is 368 g/mol. The lowest BCUT2D eigenvalue weighted by Gasteiger charge is -2.14. The Morgan fingerprint density at radius 3 is 2.46 bits per heavy atom. The van der Waals surface area contributed by atoms with Crippen molar-refractivity contribution in [2.75, 3.05) is 5.32 Å².